The summed E-state index contributed by atoms with van der Waals surface area (Å²) in [5.74, 6) is -0.0345. The molecule has 0 radical (unpaired) electrons. The number of hydrogen-bond donors (Lipinski definition) is 4. The fourth-order valence-electron chi connectivity index (χ4n) is 4.30. The Balaban J connectivity index is 1.56. The number of ketones is 1. The number of nitrogens with zero attached hydrogens (tertiary/aromatic N) is 3. The number of ether oxygens (including phenoxy) is 1. The van der Waals surface area contributed by atoms with Gasteiger partial charge in [-0.2, -0.15) is 0 Å². The van der Waals surface area contributed by atoms with E-state index >= 15 is 0 Å². The van der Waals surface area contributed by atoms with Crippen LogP contribution in [0.25, 0.3) is 5.70 Å². The number of carbonyl (C=O) groups is 2. The Morgan fingerprint density at radius 1 is 1.24 bits per heavy atom. The van der Waals surface area contributed by atoms with Gasteiger partial charge in [-0.15, -0.1) is 5.10 Å². The molecule has 1 aromatic heterocycles. The highest BCUT2D eigenvalue weighted by Gasteiger charge is 2.39. The van der Waals surface area contributed by atoms with Crippen LogP contribution in [0.15, 0.2) is 66.0 Å². The quantitative estimate of drug-likeness (QED) is 0.187. The van der Waals surface area contributed by atoms with Gasteiger partial charge in [-0.1, -0.05) is 6.08 Å². The number of hydrogen-bond acceptors (Lipinski definition) is 7. The first-order chi connectivity index (χ1) is 17.8. The van der Waals surface area contributed by atoms with Crippen LogP contribution in [-0.2, 0) is 14.3 Å². The van der Waals surface area contributed by atoms with Crippen molar-refractivity contribution in [3.8, 4) is 0 Å². The molecule has 4 rings (SSSR count). The first-order valence-corrected chi connectivity index (χ1v) is 12.2. The standard InChI is InChI=1S/C27H32N6O4/c1-3-21(12-7-17(2)34)33-14-13-22(31-33)32-15-16-37-25(23(32)18-5-4-6-18)24(35)27(36)30-20-10-8-19(9-11-20)26(28)29/h3,7-14,24-25,35H,4-6,15-16H2,1-2H3,(H3,28,29)(H,30,36)/b12-7-,21-3+. The molecule has 37 heavy (non-hydrogen) atoms. The zero-order valence-electron chi connectivity index (χ0n) is 21.0. The minimum absolute atomic E-state index is 0.0539. The summed E-state index contributed by atoms with van der Waals surface area (Å²) in [7, 11) is 0. The van der Waals surface area contributed by atoms with E-state index in [4.69, 9.17) is 21.0 Å². The Morgan fingerprint density at radius 3 is 2.57 bits per heavy atom. The van der Waals surface area contributed by atoms with E-state index in [9.17, 15) is 14.7 Å². The minimum atomic E-state index is -1.44. The van der Waals surface area contributed by atoms with Crippen LogP contribution in [-0.4, -0.2) is 57.8 Å². The lowest BCUT2D eigenvalue weighted by molar-refractivity contribution is -0.131. The Labute approximate surface area is 215 Å². The van der Waals surface area contributed by atoms with Gasteiger partial charge >= 0.3 is 0 Å². The van der Waals surface area contributed by atoms with E-state index in [0.29, 0.717) is 30.2 Å². The number of nitrogens with one attached hydrogen (secondary N) is 2. The predicted octanol–water partition coefficient (Wildman–Crippen LogP) is 2.82. The molecule has 2 unspecified atom stereocenters. The van der Waals surface area contributed by atoms with Crippen LogP contribution in [0.1, 0.15) is 38.7 Å². The normalized spacial score (nSPS) is 19.1. The maximum Gasteiger partial charge on any atom is 0.256 e. The average molecular weight is 505 g/mol. The molecule has 0 spiro atoms. The van der Waals surface area contributed by atoms with E-state index in [-0.39, 0.29) is 11.6 Å². The summed E-state index contributed by atoms with van der Waals surface area (Å²) >= 11 is 0. The summed E-state index contributed by atoms with van der Waals surface area (Å²) in [6.07, 6.45) is 7.38. The molecule has 1 amide bonds. The van der Waals surface area contributed by atoms with Crippen LogP contribution < -0.4 is 16.0 Å². The topological polar surface area (TPSA) is 147 Å². The van der Waals surface area contributed by atoms with Crippen molar-refractivity contribution < 1.29 is 19.4 Å². The first kappa shape index (κ1) is 26.1. The lowest BCUT2D eigenvalue weighted by Crippen LogP contribution is -2.51. The molecule has 1 saturated heterocycles. The predicted molar refractivity (Wildman–Crippen MR) is 142 cm³/mol. The van der Waals surface area contributed by atoms with E-state index in [1.54, 1.807) is 35.0 Å². The molecule has 10 nitrogen and oxygen atoms in total. The maximum atomic E-state index is 13.0. The number of carbonyl (C=O) groups excluding carboxylic acids is 2. The molecule has 1 saturated carbocycles. The third kappa shape index (κ3) is 5.87. The van der Waals surface area contributed by atoms with Gasteiger partial charge in [-0.05, 0) is 75.1 Å². The van der Waals surface area contributed by atoms with Crippen molar-refractivity contribution in [1.82, 2.24) is 9.78 Å². The molecular weight excluding hydrogens is 472 g/mol. The second kappa shape index (κ2) is 11.4. The molecule has 1 aliphatic heterocycles. The fourth-order valence-corrected chi connectivity index (χ4v) is 4.30. The summed E-state index contributed by atoms with van der Waals surface area (Å²) < 4.78 is 7.65. The summed E-state index contributed by atoms with van der Waals surface area (Å²) in [5, 5.41) is 26.0. The number of aliphatic hydroxyl groups excluding tert-OH is 1. The first-order valence-electron chi connectivity index (χ1n) is 12.2. The van der Waals surface area contributed by atoms with Gasteiger partial charge in [0, 0.05) is 30.1 Å². The molecule has 2 atom stereocenters. The number of benzene rings is 1. The number of nitrogens with two attached hydrogens (primary N) is 1. The van der Waals surface area contributed by atoms with Gasteiger partial charge in [-0.25, -0.2) is 4.68 Å². The van der Waals surface area contributed by atoms with E-state index in [2.05, 4.69) is 5.32 Å². The zero-order valence-corrected chi connectivity index (χ0v) is 21.0. The molecule has 2 aliphatic rings. The van der Waals surface area contributed by atoms with Crippen LogP contribution in [0.2, 0.25) is 0 Å². The molecule has 1 aliphatic carbocycles. The van der Waals surface area contributed by atoms with Gasteiger partial charge in [0.25, 0.3) is 5.91 Å². The van der Waals surface area contributed by atoms with Crippen molar-refractivity contribution in [2.45, 2.75) is 45.3 Å². The highest BCUT2D eigenvalue weighted by Crippen LogP contribution is 2.37. The molecular formula is C27H32N6O4. The van der Waals surface area contributed by atoms with Gasteiger partial charge in [0.2, 0.25) is 0 Å². The zero-order chi connectivity index (χ0) is 26.5. The number of aromatic nitrogens is 2. The summed E-state index contributed by atoms with van der Waals surface area (Å²) in [6, 6.07) is 8.40. The Kier molecular flexibility index (Phi) is 8.00. The molecule has 194 valence electrons. The molecule has 0 bridgehead atoms. The highest BCUT2D eigenvalue weighted by atomic mass is 16.5. The van der Waals surface area contributed by atoms with Gasteiger partial charge in [0.15, 0.2) is 17.7 Å². The maximum absolute atomic E-state index is 13.0. The van der Waals surface area contributed by atoms with Crippen LogP contribution in [0, 0.1) is 5.41 Å². The van der Waals surface area contributed by atoms with Crippen molar-refractivity contribution in [1.29, 1.82) is 5.41 Å². The number of nitrogen functional groups attached to an aromatic ring is 1. The molecule has 2 aromatic rings. The number of anilines is 2. The van der Waals surface area contributed by atoms with Crippen molar-refractivity contribution in [2.24, 2.45) is 5.73 Å². The second-order valence-corrected chi connectivity index (χ2v) is 8.99. The number of amidine groups is 1. The van der Waals surface area contributed by atoms with Gasteiger partial charge in [0.1, 0.15) is 11.9 Å². The molecule has 1 aromatic carbocycles. The molecule has 5 N–H and O–H groups in total. The number of aliphatic hydroxyl groups is 1. The molecule has 2 fully saturated rings. The summed E-state index contributed by atoms with van der Waals surface area (Å²) in [4.78, 5) is 26.4. The smallest absolute Gasteiger partial charge is 0.256 e. The third-order valence-corrected chi connectivity index (χ3v) is 6.41. The highest BCUT2D eigenvalue weighted by molar-refractivity contribution is 5.97. The minimum Gasteiger partial charge on any atom is -0.384 e. The number of amides is 1. The van der Waals surface area contributed by atoms with E-state index in [1.165, 1.54) is 13.0 Å². The fraction of sp³-hybridized carbons (Fsp3) is 0.333. The average Bonchev–Trinajstić information content (AvgIpc) is 3.33. The van der Waals surface area contributed by atoms with E-state index < -0.39 is 18.1 Å². The second-order valence-electron chi connectivity index (χ2n) is 8.99. The Hall–Kier alpha value is -4.02. The van der Waals surface area contributed by atoms with Crippen LogP contribution >= 0.6 is 0 Å². The number of rotatable bonds is 8. The monoisotopic (exact) mass is 504 g/mol. The van der Waals surface area contributed by atoms with Crippen LogP contribution in [0.3, 0.4) is 0 Å². The molecule has 10 heteroatoms. The molecule has 2 heterocycles. The lowest BCUT2D eigenvalue weighted by atomic mass is 9.86. The SMILES string of the molecule is C/C=C(\C=C/C(C)=O)n1ccc(N2CCOC(C(O)C(=O)Nc3ccc(C(=N)N)cc3)C2=C2CCC2)n1. The number of morpholine rings is 1. The summed E-state index contributed by atoms with van der Waals surface area (Å²) in [5.41, 5.74) is 9.18. The van der Waals surface area contributed by atoms with Crippen LogP contribution in [0.4, 0.5) is 11.5 Å². The Bertz CT molecular complexity index is 1270. The van der Waals surface area contributed by atoms with Crippen molar-refractivity contribution in [2.75, 3.05) is 23.4 Å². The number of allylic oxidation sites excluding steroid dienone is 5. The Morgan fingerprint density at radius 2 is 1.97 bits per heavy atom. The largest absolute Gasteiger partial charge is 0.384 e. The van der Waals surface area contributed by atoms with Gasteiger partial charge in [-0.3, -0.25) is 15.0 Å². The third-order valence-electron chi connectivity index (χ3n) is 6.41. The van der Waals surface area contributed by atoms with E-state index in [1.807, 2.05) is 30.2 Å². The lowest BCUT2D eigenvalue weighted by Gasteiger charge is -2.41. The van der Waals surface area contributed by atoms with Crippen molar-refractivity contribution in [3.63, 3.8) is 0 Å². The van der Waals surface area contributed by atoms with Gasteiger partial charge < -0.3 is 25.8 Å². The van der Waals surface area contributed by atoms with Crippen LogP contribution in [0.5, 0.6) is 0 Å². The van der Waals surface area contributed by atoms with Gasteiger partial charge in [0.05, 0.1) is 18.0 Å². The van der Waals surface area contributed by atoms with Crippen molar-refractivity contribution >= 4 is 34.7 Å². The summed E-state index contributed by atoms with van der Waals surface area (Å²) in [6.45, 7) is 4.20. The van der Waals surface area contributed by atoms with E-state index in [0.717, 1.165) is 36.2 Å². The van der Waals surface area contributed by atoms with Crippen molar-refractivity contribution in [3.05, 3.63) is 71.6 Å².